The van der Waals surface area contributed by atoms with Crippen LogP contribution in [0.15, 0.2) is 30.5 Å². The molecule has 0 atom stereocenters. The van der Waals surface area contributed by atoms with E-state index in [0.29, 0.717) is 0 Å². The van der Waals surface area contributed by atoms with E-state index in [4.69, 9.17) is 5.11 Å². The van der Waals surface area contributed by atoms with Gasteiger partial charge < -0.3 is 5.11 Å². The third-order valence-corrected chi connectivity index (χ3v) is 3.53. The summed E-state index contributed by atoms with van der Waals surface area (Å²) in [6.45, 7) is 0. The number of aromatic carboxylic acids is 1. The first-order valence-corrected chi connectivity index (χ1v) is 6.04. The Labute approximate surface area is 106 Å². The van der Waals surface area contributed by atoms with Crippen molar-refractivity contribution in [1.82, 2.24) is 14.2 Å². The van der Waals surface area contributed by atoms with E-state index in [9.17, 15) is 4.79 Å². The van der Waals surface area contributed by atoms with Gasteiger partial charge in [-0.3, -0.25) is 4.68 Å². The van der Waals surface area contributed by atoms with Crippen molar-refractivity contribution in [2.45, 2.75) is 0 Å². The van der Waals surface area contributed by atoms with Crippen LogP contribution >= 0.6 is 11.5 Å². The molecule has 0 fully saturated rings. The van der Waals surface area contributed by atoms with Crippen molar-refractivity contribution in [3.05, 3.63) is 36.2 Å². The highest BCUT2D eigenvalue weighted by Crippen LogP contribution is 2.26. The maximum atomic E-state index is 10.9. The Morgan fingerprint density at radius 1 is 1.39 bits per heavy atom. The topological polar surface area (TPSA) is 68.0 Å². The van der Waals surface area contributed by atoms with E-state index in [0.717, 1.165) is 21.3 Å². The molecule has 0 aliphatic heterocycles. The van der Waals surface area contributed by atoms with Gasteiger partial charge in [-0.25, -0.2) is 4.79 Å². The van der Waals surface area contributed by atoms with Crippen molar-refractivity contribution in [2.75, 3.05) is 0 Å². The van der Waals surface area contributed by atoms with E-state index in [1.807, 2.05) is 18.2 Å². The van der Waals surface area contributed by atoms with Crippen LogP contribution in [0.25, 0.3) is 21.3 Å². The lowest BCUT2D eigenvalue weighted by atomic mass is 10.1. The van der Waals surface area contributed by atoms with E-state index in [2.05, 4.69) is 9.47 Å². The predicted octanol–water partition coefficient (Wildman–Crippen LogP) is 2.40. The summed E-state index contributed by atoms with van der Waals surface area (Å²) in [6.07, 6.45) is 1.80. The molecule has 1 aromatic carbocycles. The first-order chi connectivity index (χ1) is 8.65. The van der Waals surface area contributed by atoms with Crippen LogP contribution in [0, 0.1) is 0 Å². The lowest BCUT2D eigenvalue weighted by Crippen LogP contribution is -1.99. The van der Waals surface area contributed by atoms with Crippen molar-refractivity contribution in [3.8, 4) is 11.3 Å². The smallest absolute Gasteiger partial charge is 0.356 e. The van der Waals surface area contributed by atoms with E-state index >= 15 is 0 Å². The Hall–Kier alpha value is -2.21. The molecular weight excluding hydrogens is 250 g/mol. The number of carboxylic acids is 1. The third-order valence-electron chi connectivity index (χ3n) is 2.75. The van der Waals surface area contributed by atoms with Crippen LogP contribution in [0.1, 0.15) is 10.5 Å². The normalized spacial score (nSPS) is 10.9. The van der Waals surface area contributed by atoms with Crippen molar-refractivity contribution in [1.29, 1.82) is 0 Å². The van der Waals surface area contributed by atoms with Gasteiger partial charge in [-0.15, -0.1) is 0 Å². The monoisotopic (exact) mass is 259 g/mol. The summed E-state index contributed by atoms with van der Waals surface area (Å²) in [5, 5.41) is 13.9. The maximum absolute atomic E-state index is 10.9. The van der Waals surface area contributed by atoms with Crippen LogP contribution in [0.4, 0.5) is 0 Å². The average molecular weight is 259 g/mol. The van der Waals surface area contributed by atoms with Crippen LogP contribution in [0.3, 0.4) is 0 Å². The second kappa shape index (κ2) is 3.92. The molecular formula is C12H9N3O2S. The highest BCUT2D eigenvalue weighted by atomic mass is 32.1. The summed E-state index contributed by atoms with van der Waals surface area (Å²) < 4.78 is 6.80. The second-order valence-corrected chi connectivity index (χ2v) is 4.76. The molecule has 18 heavy (non-hydrogen) atoms. The number of hydrogen-bond donors (Lipinski definition) is 1. The van der Waals surface area contributed by atoms with E-state index in [1.54, 1.807) is 24.0 Å². The molecule has 0 radical (unpaired) electrons. The number of fused-ring (bicyclic) bond motifs is 1. The molecule has 0 aliphatic carbocycles. The minimum absolute atomic E-state index is 0.0519. The first kappa shape index (κ1) is 10.9. The zero-order valence-corrected chi connectivity index (χ0v) is 10.3. The lowest BCUT2D eigenvalue weighted by Gasteiger charge is -2.01. The SMILES string of the molecule is Cn1nc(C(=O)O)cc1-c1ccc2sncc2c1. The van der Waals surface area contributed by atoms with Gasteiger partial charge >= 0.3 is 5.97 Å². The first-order valence-electron chi connectivity index (χ1n) is 5.27. The van der Waals surface area contributed by atoms with E-state index < -0.39 is 5.97 Å². The number of carbonyl (C=O) groups is 1. The van der Waals surface area contributed by atoms with Gasteiger partial charge in [0, 0.05) is 24.2 Å². The van der Waals surface area contributed by atoms with Gasteiger partial charge in [0.1, 0.15) is 0 Å². The van der Waals surface area contributed by atoms with Crippen molar-refractivity contribution >= 4 is 27.6 Å². The molecule has 0 unspecified atom stereocenters. The minimum Gasteiger partial charge on any atom is -0.476 e. The summed E-state index contributed by atoms with van der Waals surface area (Å²) in [6, 6.07) is 7.49. The number of benzene rings is 1. The van der Waals surface area contributed by atoms with Crippen LogP contribution in [0.2, 0.25) is 0 Å². The molecule has 0 spiro atoms. The van der Waals surface area contributed by atoms with Gasteiger partial charge in [0.25, 0.3) is 0 Å². The summed E-state index contributed by atoms with van der Waals surface area (Å²) in [5.41, 5.74) is 1.77. The number of hydrogen-bond acceptors (Lipinski definition) is 4. The number of nitrogens with zero attached hydrogens (tertiary/aromatic N) is 3. The van der Waals surface area contributed by atoms with Crippen LogP contribution in [-0.4, -0.2) is 25.2 Å². The molecule has 3 aromatic rings. The van der Waals surface area contributed by atoms with E-state index in [-0.39, 0.29) is 5.69 Å². The number of aromatic nitrogens is 3. The Morgan fingerprint density at radius 2 is 2.22 bits per heavy atom. The highest BCUT2D eigenvalue weighted by Gasteiger charge is 2.12. The minimum atomic E-state index is -1.02. The highest BCUT2D eigenvalue weighted by molar-refractivity contribution is 7.13. The molecule has 0 aliphatic rings. The molecule has 0 amide bonds. The molecule has 0 bridgehead atoms. The van der Waals surface area contributed by atoms with Crippen molar-refractivity contribution in [3.63, 3.8) is 0 Å². The van der Waals surface area contributed by atoms with Gasteiger partial charge in [0.2, 0.25) is 0 Å². The molecule has 0 saturated carbocycles. The van der Waals surface area contributed by atoms with Crippen molar-refractivity contribution < 1.29 is 9.90 Å². The average Bonchev–Trinajstić information content (AvgIpc) is 2.93. The number of rotatable bonds is 2. The molecule has 2 heterocycles. The number of aryl methyl sites for hydroxylation is 1. The van der Waals surface area contributed by atoms with E-state index in [1.165, 1.54) is 11.5 Å². The predicted molar refractivity (Wildman–Crippen MR) is 68.8 cm³/mol. The standard InChI is InChI=1S/C12H9N3O2S/c1-15-10(5-9(14-15)12(16)17)7-2-3-11-8(4-7)6-13-18-11/h2-6H,1H3,(H,16,17). The zero-order chi connectivity index (χ0) is 12.7. The van der Waals surface area contributed by atoms with Gasteiger partial charge in [0.15, 0.2) is 5.69 Å². The fourth-order valence-corrected chi connectivity index (χ4v) is 2.50. The Kier molecular flexibility index (Phi) is 2.38. The number of carboxylic acid groups (broad SMARTS) is 1. The summed E-state index contributed by atoms with van der Waals surface area (Å²) >= 11 is 1.44. The van der Waals surface area contributed by atoms with Gasteiger partial charge in [0.05, 0.1) is 10.4 Å². The molecule has 3 rings (SSSR count). The third kappa shape index (κ3) is 1.67. The molecule has 90 valence electrons. The second-order valence-electron chi connectivity index (χ2n) is 3.92. The van der Waals surface area contributed by atoms with Gasteiger partial charge in [-0.2, -0.15) is 9.47 Å². The fourth-order valence-electron chi connectivity index (χ4n) is 1.87. The summed E-state index contributed by atoms with van der Waals surface area (Å²) in [5.74, 6) is -1.02. The summed E-state index contributed by atoms with van der Waals surface area (Å²) in [4.78, 5) is 10.9. The van der Waals surface area contributed by atoms with Gasteiger partial charge in [-0.1, -0.05) is 6.07 Å². The van der Waals surface area contributed by atoms with Crippen LogP contribution in [0.5, 0.6) is 0 Å². The molecule has 5 nitrogen and oxygen atoms in total. The lowest BCUT2D eigenvalue weighted by molar-refractivity contribution is 0.0689. The maximum Gasteiger partial charge on any atom is 0.356 e. The molecule has 6 heteroatoms. The summed E-state index contributed by atoms with van der Waals surface area (Å²) in [7, 11) is 1.73. The zero-order valence-electron chi connectivity index (χ0n) is 9.49. The Balaban J connectivity index is 2.15. The fraction of sp³-hybridized carbons (Fsp3) is 0.0833. The molecule has 0 saturated heterocycles. The van der Waals surface area contributed by atoms with Crippen LogP contribution < -0.4 is 0 Å². The molecule has 1 N–H and O–H groups in total. The Morgan fingerprint density at radius 3 is 2.94 bits per heavy atom. The van der Waals surface area contributed by atoms with Crippen molar-refractivity contribution in [2.24, 2.45) is 7.05 Å². The largest absolute Gasteiger partial charge is 0.476 e. The van der Waals surface area contributed by atoms with Gasteiger partial charge in [-0.05, 0) is 29.7 Å². The molecule has 2 aromatic heterocycles. The van der Waals surface area contributed by atoms with Crippen LogP contribution in [-0.2, 0) is 7.05 Å². The quantitative estimate of drug-likeness (QED) is 0.767. The Bertz CT molecular complexity index is 745.